The molecule has 24 heavy (non-hydrogen) atoms. The highest BCUT2D eigenvalue weighted by Gasteiger charge is 2.11. The van der Waals surface area contributed by atoms with Gasteiger partial charge in [0.1, 0.15) is 11.3 Å². The number of hydrogen-bond acceptors (Lipinski definition) is 4. The Morgan fingerprint density at radius 2 is 1.88 bits per heavy atom. The molecule has 4 nitrogen and oxygen atoms in total. The number of ketones is 1. The van der Waals surface area contributed by atoms with Gasteiger partial charge in [0.05, 0.1) is 0 Å². The third kappa shape index (κ3) is 3.08. The maximum atomic E-state index is 12.1. The third-order valence-electron chi connectivity index (χ3n) is 4.08. The van der Waals surface area contributed by atoms with Gasteiger partial charge in [-0.3, -0.25) is 4.79 Å². The van der Waals surface area contributed by atoms with Gasteiger partial charge in [-0.25, -0.2) is 4.79 Å². The highest BCUT2D eigenvalue weighted by Crippen LogP contribution is 2.24. The quantitative estimate of drug-likeness (QED) is 0.527. The second kappa shape index (κ2) is 6.71. The minimum Gasteiger partial charge on any atom is -0.485 e. The molecule has 0 atom stereocenters. The van der Waals surface area contributed by atoms with Crippen LogP contribution in [-0.2, 0) is 6.42 Å². The molecular weight excluding hydrogens is 304 g/mol. The average Bonchev–Trinajstić information content (AvgIpc) is 2.60. The third-order valence-corrected chi connectivity index (χ3v) is 4.08. The molecule has 3 rings (SSSR count). The Kier molecular flexibility index (Phi) is 4.47. The zero-order valence-corrected chi connectivity index (χ0v) is 13.7. The maximum Gasteiger partial charge on any atom is 0.339 e. The van der Waals surface area contributed by atoms with E-state index in [4.69, 9.17) is 9.15 Å². The molecule has 0 bridgehead atoms. The van der Waals surface area contributed by atoms with E-state index in [1.165, 1.54) is 0 Å². The normalized spacial score (nSPS) is 10.8. The minimum absolute atomic E-state index is 0.0637. The highest BCUT2D eigenvalue weighted by atomic mass is 16.5. The van der Waals surface area contributed by atoms with E-state index in [-0.39, 0.29) is 18.0 Å². The molecule has 0 fully saturated rings. The van der Waals surface area contributed by atoms with Crippen molar-refractivity contribution in [2.75, 3.05) is 6.61 Å². The molecular formula is C20H18O4. The summed E-state index contributed by atoms with van der Waals surface area (Å²) in [7, 11) is 0. The zero-order chi connectivity index (χ0) is 17.1. The lowest BCUT2D eigenvalue weighted by molar-refractivity contribution is 0.0921. The fourth-order valence-electron chi connectivity index (χ4n) is 2.73. The molecule has 0 saturated heterocycles. The van der Waals surface area contributed by atoms with E-state index in [0.29, 0.717) is 28.9 Å². The number of ether oxygens (including phenoxy) is 1. The Balaban J connectivity index is 1.84. The van der Waals surface area contributed by atoms with Crippen molar-refractivity contribution in [3.8, 4) is 5.75 Å². The molecule has 0 saturated carbocycles. The van der Waals surface area contributed by atoms with Gasteiger partial charge in [0.2, 0.25) is 0 Å². The van der Waals surface area contributed by atoms with Crippen LogP contribution in [0.25, 0.3) is 11.0 Å². The Bertz CT molecular complexity index is 939. The van der Waals surface area contributed by atoms with E-state index in [0.717, 1.165) is 10.9 Å². The fraction of sp³-hybridized carbons (Fsp3) is 0.200. The molecule has 0 unspecified atom stereocenters. The molecule has 0 radical (unpaired) electrons. The van der Waals surface area contributed by atoms with Crippen molar-refractivity contribution in [3.05, 3.63) is 75.6 Å². The molecule has 2 aromatic carbocycles. The van der Waals surface area contributed by atoms with Crippen LogP contribution in [0.5, 0.6) is 5.75 Å². The second-order valence-electron chi connectivity index (χ2n) is 5.58. The maximum absolute atomic E-state index is 12.1. The average molecular weight is 322 g/mol. The van der Waals surface area contributed by atoms with Crippen LogP contribution in [0, 0.1) is 6.92 Å². The van der Waals surface area contributed by atoms with E-state index >= 15 is 0 Å². The molecule has 0 aliphatic heterocycles. The summed E-state index contributed by atoms with van der Waals surface area (Å²) in [6.45, 7) is 3.78. The van der Waals surface area contributed by atoms with Crippen molar-refractivity contribution in [3.63, 3.8) is 0 Å². The Morgan fingerprint density at radius 1 is 1.12 bits per heavy atom. The van der Waals surface area contributed by atoms with Crippen LogP contribution in [0.4, 0.5) is 0 Å². The number of carbonyl (C=O) groups is 1. The smallest absolute Gasteiger partial charge is 0.339 e. The van der Waals surface area contributed by atoms with Crippen LogP contribution < -0.4 is 10.4 Å². The van der Waals surface area contributed by atoms with Crippen molar-refractivity contribution in [1.29, 1.82) is 0 Å². The summed E-state index contributed by atoms with van der Waals surface area (Å²) in [5, 5.41) is 0.883. The molecule has 0 N–H and O–H groups in total. The van der Waals surface area contributed by atoms with E-state index in [1.54, 1.807) is 24.3 Å². The Morgan fingerprint density at radius 3 is 2.58 bits per heavy atom. The molecule has 3 aromatic rings. The standard InChI is InChI=1S/C20H18O4/c1-3-16-13(2)17-10-9-15(11-19(17)24-20(16)22)23-12-18(21)14-7-5-4-6-8-14/h4-11H,3,12H2,1-2H3. The van der Waals surface area contributed by atoms with Crippen LogP contribution >= 0.6 is 0 Å². The molecule has 1 heterocycles. The molecule has 4 heteroatoms. The molecule has 0 amide bonds. The van der Waals surface area contributed by atoms with Crippen LogP contribution in [0.2, 0.25) is 0 Å². The van der Waals surface area contributed by atoms with Gasteiger partial charge < -0.3 is 9.15 Å². The van der Waals surface area contributed by atoms with E-state index in [1.807, 2.05) is 38.1 Å². The van der Waals surface area contributed by atoms with Gasteiger partial charge in [0.25, 0.3) is 0 Å². The van der Waals surface area contributed by atoms with Crippen LogP contribution in [0.3, 0.4) is 0 Å². The first-order valence-electron chi connectivity index (χ1n) is 7.87. The number of fused-ring (bicyclic) bond motifs is 1. The second-order valence-corrected chi connectivity index (χ2v) is 5.58. The van der Waals surface area contributed by atoms with Gasteiger partial charge in [-0.05, 0) is 31.0 Å². The van der Waals surface area contributed by atoms with Crippen molar-refractivity contribution in [2.24, 2.45) is 0 Å². The van der Waals surface area contributed by atoms with E-state index in [2.05, 4.69) is 0 Å². The monoisotopic (exact) mass is 322 g/mol. The summed E-state index contributed by atoms with van der Waals surface area (Å²) < 4.78 is 10.9. The van der Waals surface area contributed by atoms with Crippen LogP contribution in [0.1, 0.15) is 28.4 Å². The zero-order valence-electron chi connectivity index (χ0n) is 13.7. The first-order valence-corrected chi connectivity index (χ1v) is 7.87. The van der Waals surface area contributed by atoms with Gasteiger partial charge >= 0.3 is 5.63 Å². The van der Waals surface area contributed by atoms with Gasteiger partial charge in [-0.15, -0.1) is 0 Å². The number of benzene rings is 2. The fourth-order valence-corrected chi connectivity index (χ4v) is 2.73. The summed E-state index contributed by atoms with van der Waals surface area (Å²) in [5.74, 6) is 0.397. The van der Waals surface area contributed by atoms with Crippen molar-refractivity contribution < 1.29 is 13.9 Å². The van der Waals surface area contributed by atoms with E-state index in [9.17, 15) is 9.59 Å². The predicted octanol–water partition coefficient (Wildman–Crippen LogP) is 3.93. The summed E-state index contributed by atoms with van der Waals surface area (Å²) in [6.07, 6.45) is 0.633. The first-order chi connectivity index (χ1) is 11.6. The van der Waals surface area contributed by atoms with Crippen LogP contribution in [-0.4, -0.2) is 12.4 Å². The summed E-state index contributed by atoms with van der Waals surface area (Å²) in [5.41, 5.74) is 2.37. The first kappa shape index (κ1) is 16.0. The largest absolute Gasteiger partial charge is 0.485 e. The van der Waals surface area contributed by atoms with Crippen molar-refractivity contribution in [2.45, 2.75) is 20.3 Å². The van der Waals surface area contributed by atoms with Crippen molar-refractivity contribution >= 4 is 16.8 Å². The molecule has 122 valence electrons. The van der Waals surface area contributed by atoms with Crippen molar-refractivity contribution in [1.82, 2.24) is 0 Å². The number of rotatable bonds is 5. The highest BCUT2D eigenvalue weighted by molar-refractivity contribution is 5.97. The lowest BCUT2D eigenvalue weighted by Gasteiger charge is -2.09. The Hall–Kier alpha value is -2.88. The minimum atomic E-state index is -0.319. The molecule has 0 spiro atoms. The number of aryl methyl sites for hydroxylation is 1. The lowest BCUT2D eigenvalue weighted by Crippen LogP contribution is -2.12. The van der Waals surface area contributed by atoms with Crippen LogP contribution in [0.15, 0.2) is 57.7 Å². The summed E-state index contributed by atoms with van der Waals surface area (Å²) in [6, 6.07) is 14.3. The topological polar surface area (TPSA) is 56.5 Å². The molecule has 0 aliphatic rings. The summed E-state index contributed by atoms with van der Waals surface area (Å²) >= 11 is 0. The predicted molar refractivity (Wildman–Crippen MR) is 92.9 cm³/mol. The number of hydrogen-bond donors (Lipinski definition) is 0. The lowest BCUT2D eigenvalue weighted by atomic mass is 10.0. The molecule has 1 aromatic heterocycles. The van der Waals surface area contributed by atoms with Gasteiger partial charge in [-0.1, -0.05) is 37.3 Å². The summed E-state index contributed by atoms with van der Waals surface area (Å²) in [4.78, 5) is 24.1. The SMILES string of the molecule is CCc1c(C)c2ccc(OCC(=O)c3ccccc3)cc2oc1=O. The number of Topliss-reactive ketones (excluding diaryl/α,β-unsaturated/α-hetero) is 1. The van der Waals surface area contributed by atoms with Gasteiger partial charge in [0.15, 0.2) is 12.4 Å². The van der Waals surface area contributed by atoms with Gasteiger partial charge in [0, 0.05) is 22.6 Å². The van der Waals surface area contributed by atoms with E-state index < -0.39 is 0 Å². The Labute approximate surface area is 139 Å². The van der Waals surface area contributed by atoms with Gasteiger partial charge in [-0.2, -0.15) is 0 Å². The number of carbonyl (C=O) groups excluding carboxylic acids is 1. The molecule has 0 aliphatic carbocycles.